The summed E-state index contributed by atoms with van der Waals surface area (Å²) in [4.78, 5) is 10.4. The first-order valence-corrected chi connectivity index (χ1v) is 5.79. The van der Waals surface area contributed by atoms with Crippen molar-refractivity contribution < 1.29 is 4.92 Å². The average molecular weight is 288 g/mol. The fraction of sp³-hybridized carbons (Fsp3) is 0.200. The van der Waals surface area contributed by atoms with E-state index in [0.29, 0.717) is 10.0 Å². The average Bonchev–Trinajstić information content (AvgIpc) is 2.20. The van der Waals surface area contributed by atoms with Crippen LogP contribution in [0.1, 0.15) is 12.0 Å². The first-order chi connectivity index (χ1) is 7.15. The predicted octanol–water partition coefficient (Wildman–Crippen LogP) is 3.69. The molecule has 0 N–H and O–H groups in total. The van der Waals surface area contributed by atoms with Crippen molar-refractivity contribution in [1.29, 1.82) is 0 Å². The summed E-state index contributed by atoms with van der Waals surface area (Å²) in [5.41, 5.74) is 0.727. The number of benzene rings is 1. The van der Waals surface area contributed by atoms with Gasteiger partial charge >= 0.3 is 0 Å². The molecule has 3 nitrogen and oxygen atoms in total. The molecule has 0 unspecified atom stereocenters. The molecule has 1 aromatic carbocycles. The van der Waals surface area contributed by atoms with Crippen LogP contribution in [-0.2, 0) is 0 Å². The Hall–Kier alpha value is -0.810. The van der Waals surface area contributed by atoms with E-state index in [2.05, 4.69) is 28.6 Å². The Labute approximate surface area is 102 Å². The fourth-order valence-electron chi connectivity index (χ4n) is 1.10. The molecule has 0 spiro atoms. The van der Waals surface area contributed by atoms with Crippen LogP contribution in [-0.4, -0.2) is 10.7 Å². The highest BCUT2D eigenvalue weighted by Crippen LogP contribution is 2.24. The molecule has 1 aromatic rings. The third-order valence-corrected chi connectivity index (χ3v) is 2.53. The van der Waals surface area contributed by atoms with E-state index in [1.807, 2.05) is 6.08 Å². The summed E-state index contributed by atoms with van der Waals surface area (Å²) in [6.07, 6.45) is 4.43. The number of thiol groups is 1. The van der Waals surface area contributed by atoms with E-state index in [-0.39, 0.29) is 10.6 Å². The molecule has 1 rings (SSSR count). The number of rotatable bonds is 4. The zero-order valence-electron chi connectivity index (χ0n) is 7.89. The maximum atomic E-state index is 10.7. The maximum absolute atomic E-state index is 10.7. The Morgan fingerprint density at radius 1 is 1.53 bits per heavy atom. The highest BCUT2D eigenvalue weighted by molar-refractivity contribution is 9.10. The van der Waals surface area contributed by atoms with Crippen molar-refractivity contribution in [2.75, 3.05) is 5.75 Å². The summed E-state index contributed by atoms with van der Waals surface area (Å²) in [6.45, 7) is 0. The Bertz CT molecular complexity index is 393. The molecular formula is C10H10BrNO2S. The van der Waals surface area contributed by atoms with Gasteiger partial charge < -0.3 is 0 Å². The summed E-state index contributed by atoms with van der Waals surface area (Å²) >= 11 is 7.26. The minimum atomic E-state index is -0.384. The van der Waals surface area contributed by atoms with Crippen LogP contribution >= 0.6 is 28.6 Å². The molecule has 0 bridgehead atoms. The normalized spacial score (nSPS) is 10.8. The van der Waals surface area contributed by atoms with Gasteiger partial charge in [0, 0.05) is 10.5 Å². The summed E-state index contributed by atoms with van der Waals surface area (Å²) < 4.78 is 0.709. The van der Waals surface area contributed by atoms with Gasteiger partial charge in [-0.1, -0.05) is 28.1 Å². The summed E-state index contributed by atoms with van der Waals surface area (Å²) in [6, 6.07) is 5.00. The first-order valence-electron chi connectivity index (χ1n) is 4.36. The molecule has 0 radical (unpaired) electrons. The van der Waals surface area contributed by atoms with Crippen molar-refractivity contribution in [3.63, 3.8) is 0 Å². The maximum Gasteiger partial charge on any atom is 0.277 e. The summed E-state index contributed by atoms with van der Waals surface area (Å²) in [5.74, 6) is 0.737. The van der Waals surface area contributed by atoms with Crippen LogP contribution in [0.15, 0.2) is 28.7 Å². The minimum absolute atomic E-state index is 0.111. The highest BCUT2D eigenvalue weighted by Gasteiger charge is 2.11. The molecular weight excluding hydrogens is 278 g/mol. The van der Waals surface area contributed by atoms with Crippen LogP contribution in [0.25, 0.3) is 6.08 Å². The molecule has 0 aliphatic carbocycles. The van der Waals surface area contributed by atoms with Crippen molar-refractivity contribution in [2.24, 2.45) is 0 Å². The molecule has 0 amide bonds. The van der Waals surface area contributed by atoms with E-state index < -0.39 is 0 Å². The fourth-order valence-corrected chi connectivity index (χ4v) is 1.60. The highest BCUT2D eigenvalue weighted by atomic mass is 79.9. The van der Waals surface area contributed by atoms with Crippen molar-refractivity contribution in [1.82, 2.24) is 0 Å². The lowest BCUT2D eigenvalue weighted by Gasteiger charge is -1.98. The van der Waals surface area contributed by atoms with Crippen LogP contribution in [0.4, 0.5) is 5.69 Å². The number of hydrogen-bond acceptors (Lipinski definition) is 3. The molecule has 0 heterocycles. The van der Waals surface area contributed by atoms with Crippen LogP contribution in [0.2, 0.25) is 0 Å². The number of nitro benzene ring substituents is 1. The van der Waals surface area contributed by atoms with E-state index >= 15 is 0 Å². The Morgan fingerprint density at radius 3 is 2.87 bits per heavy atom. The molecule has 15 heavy (non-hydrogen) atoms. The SMILES string of the molecule is O=[N+]([O-])c1cc(Br)ccc1C=CCCS. The van der Waals surface area contributed by atoms with Gasteiger partial charge in [0.25, 0.3) is 5.69 Å². The largest absolute Gasteiger partial charge is 0.277 e. The molecule has 0 fully saturated rings. The second-order valence-corrected chi connectivity index (χ2v) is 4.24. The zero-order valence-corrected chi connectivity index (χ0v) is 10.4. The van der Waals surface area contributed by atoms with Gasteiger partial charge in [0.2, 0.25) is 0 Å². The Balaban J connectivity index is 3.01. The van der Waals surface area contributed by atoms with Crippen LogP contribution < -0.4 is 0 Å². The van der Waals surface area contributed by atoms with Gasteiger partial charge in [-0.3, -0.25) is 10.1 Å². The van der Waals surface area contributed by atoms with Crippen LogP contribution in [0.5, 0.6) is 0 Å². The summed E-state index contributed by atoms with van der Waals surface area (Å²) in [5, 5.41) is 10.7. The second-order valence-electron chi connectivity index (χ2n) is 2.87. The van der Waals surface area contributed by atoms with E-state index in [1.165, 1.54) is 6.07 Å². The first kappa shape index (κ1) is 12.3. The van der Waals surface area contributed by atoms with Crippen molar-refractivity contribution in [3.8, 4) is 0 Å². The number of nitrogens with zero attached hydrogens (tertiary/aromatic N) is 1. The van der Waals surface area contributed by atoms with Gasteiger partial charge in [-0.15, -0.1) is 0 Å². The third-order valence-electron chi connectivity index (χ3n) is 1.78. The molecule has 0 saturated carbocycles. The topological polar surface area (TPSA) is 43.1 Å². The number of allylic oxidation sites excluding steroid dienone is 1. The monoisotopic (exact) mass is 287 g/mol. The Kier molecular flexibility index (Phi) is 4.84. The predicted molar refractivity (Wildman–Crippen MR) is 68.3 cm³/mol. The van der Waals surface area contributed by atoms with Gasteiger partial charge in [0.15, 0.2) is 0 Å². The lowest BCUT2D eigenvalue weighted by molar-refractivity contribution is -0.385. The number of hydrogen-bond donors (Lipinski definition) is 1. The van der Waals surface area contributed by atoms with Crippen molar-refractivity contribution in [2.45, 2.75) is 6.42 Å². The second kappa shape index (κ2) is 5.92. The van der Waals surface area contributed by atoms with Gasteiger partial charge in [-0.2, -0.15) is 12.6 Å². The van der Waals surface area contributed by atoms with Crippen molar-refractivity contribution >= 4 is 40.3 Å². The van der Waals surface area contributed by atoms with Crippen LogP contribution in [0, 0.1) is 10.1 Å². The van der Waals surface area contributed by atoms with Gasteiger partial charge in [-0.05, 0) is 24.3 Å². The molecule has 5 heteroatoms. The van der Waals surface area contributed by atoms with E-state index in [4.69, 9.17) is 0 Å². The van der Waals surface area contributed by atoms with Crippen molar-refractivity contribution in [3.05, 3.63) is 44.4 Å². The molecule has 80 valence electrons. The molecule has 0 atom stereocenters. The molecule has 0 aromatic heterocycles. The lowest BCUT2D eigenvalue weighted by atomic mass is 10.1. The van der Waals surface area contributed by atoms with Crippen LogP contribution in [0.3, 0.4) is 0 Å². The molecule has 0 saturated heterocycles. The Morgan fingerprint density at radius 2 is 2.27 bits per heavy atom. The van der Waals surface area contributed by atoms with Gasteiger partial charge in [0.1, 0.15) is 0 Å². The third kappa shape index (κ3) is 3.68. The van der Waals surface area contributed by atoms with E-state index in [1.54, 1.807) is 18.2 Å². The van der Waals surface area contributed by atoms with E-state index in [0.717, 1.165) is 12.2 Å². The van der Waals surface area contributed by atoms with Gasteiger partial charge in [0.05, 0.1) is 10.5 Å². The standard InChI is InChI=1S/C10H10BrNO2S/c11-9-5-4-8(3-1-2-6-15)10(7-9)12(13)14/h1,3-5,7,15H,2,6H2. The quantitative estimate of drug-likeness (QED) is 0.521. The van der Waals surface area contributed by atoms with E-state index in [9.17, 15) is 10.1 Å². The molecule has 0 aliphatic rings. The number of nitro groups is 1. The number of halogens is 1. The minimum Gasteiger partial charge on any atom is -0.258 e. The molecule has 0 aliphatic heterocycles. The lowest BCUT2D eigenvalue weighted by Crippen LogP contribution is -1.91. The van der Waals surface area contributed by atoms with Gasteiger partial charge in [-0.25, -0.2) is 0 Å². The smallest absolute Gasteiger partial charge is 0.258 e. The summed E-state index contributed by atoms with van der Waals surface area (Å²) in [7, 11) is 0. The zero-order chi connectivity index (χ0) is 11.3.